The monoisotopic (exact) mass is 668 g/mol. The smallest absolute Gasteiger partial charge is 0.389 e. The number of aromatic nitrogens is 1. The van der Waals surface area contributed by atoms with E-state index in [1.54, 1.807) is 41.3 Å². The molecule has 1 aliphatic carbocycles. The fraction of sp³-hybridized carbons (Fsp3) is 0.486. The van der Waals surface area contributed by atoms with Gasteiger partial charge >= 0.3 is 6.18 Å². The van der Waals surface area contributed by atoms with Crippen molar-refractivity contribution in [3.63, 3.8) is 0 Å². The Morgan fingerprint density at radius 2 is 1.58 bits per heavy atom. The van der Waals surface area contributed by atoms with E-state index in [4.69, 9.17) is 0 Å². The molecule has 2 amide bonds. The number of carbonyl (C=O) groups is 2. The van der Waals surface area contributed by atoms with Gasteiger partial charge in [0.15, 0.2) is 0 Å². The first-order chi connectivity index (χ1) is 22.8. The third-order valence-corrected chi connectivity index (χ3v) is 9.63. The van der Waals surface area contributed by atoms with Crippen molar-refractivity contribution in [3.8, 4) is 0 Å². The fourth-order valence-corrected chi connectivity index (χ4v) is 6.58. The minimum Gasteiger partial charge on any atom is -0.389 e. The Bertz CT molecular complexity index is 1580. The third kappa shape index (κ3) is 8.73. The number of amides is 2. The van der Waals surface area contributed by atoms with Gasteiger partial charge in [-0.05, 0) is 68.9 Å². The van der Waals surface area contributed by atoms with Crippen LogP contribution in [0.1, 0.15) is 116 Å². The van der Waals surface area contributed by atoms with Gasteiger partial charge < -0.3 is 25.6 Å². The first kappa shape index (κ1) is 36.9. The molecule has 1 heterocycles. The Kier molecular flexibility index (Phi) is 12.3. The minimum absolute atomic E-state index is 0.0378. The summed E-state index contributed by atoms with van der Waals surface area (Å²) in [6.07, 6.45) is -0.496. The number of carbonyl (C=O) groups excluding carboxylic acids is 2. The van der Waals surface area contributed by atoms with Crippen LogP contribution >= 0.6 is 0 Å². The van der Waals surface area contributed by atoms with E-state index in [9.17, 15) is 32.7 Å². The lowest BCUT2D eigenvalue weighted by atomic mass is 9.76. The van der Waals surface area contributed by atoms with Gasteiger partial charge in [0.1, 0.15) is 5.69 Å². The largest absolute Gasteiger partial charge is 0.416 e. The van der Waals surface area contributed by atoms with Gasteiger partial charge in [0.05, 0.1) is 17.7 Å². The number of alkyl halides is 3. The SMILES string of the molecule is CCC(C)N(C(=O)c1cc(C(=O)N[C@@H](c2ccccc2)[C@H](O)CNC2(c3cccc(C(F)(F)F)c3)CCCCC2)[nH]c(=O)c1)C(C)CC. The predicted molar refractivity (Wildman–Crippen MR) is 180 cm³/mol. The molecule has 1 saturated carbocycles. The van der Waals surface area contributed by atoms with E-state index in [0.29, 0.717) is 36.8 Å². The van der Waals surface area contributed by atoms with Gasteiger partial charge in [-0.1, -0.05) is 75.6 Å². The number of nitrogens with zero attached hydrogens (tertiary/aromatic N) is 1. The summed E-state index contributed by atoms with van der Waals surface area (Å²) < 4.78 is 40.9. The van der Waals surface area contributed by atoms with Crippen LogP contribution in [-0.4, -0.2) is 51.5 Å². The molecular weight excluding hydrogens is 621 g/mol. The van der Waals surface area contributed by atoms with Crippen LogP contribution in [0.3, 0.4) is 0 Å². The highest BCUT2D eigenvalue weighted by Crippen LogP contribution is 2.40. The van der Waals surface area contributed by atoms with Gasteiger partial charge in [0.2, 0.25) is 5.56 Å². The summed E-state index contributed by atoms with van der Waals surface area (Å²) in [5.74, 6) is -1.05. The van der Waals surface area contributed by atoms with Crippen molar-refractivity contribution >= 4 is 11.8 Å². The molecule has 4 atom stereocenters. The second-order valence-electron chi connectivity index (χ2n) is 12.9. The average Bonchev–Trinajstić information content (AvgIpc) is 3.09. The van der Waals surface area contributed by atoms with E-state index < -0.39 is 40.9 Å². The van der Waals surface area contributed by atoms with Crippen LogP contribution in [0.25, 0.3) is 0 Å². The van der Waals surface area contributed by atoms with E-state index in [1.807, 2.05) is 27.7 Å². The Hall–Kier alpha value is -3.96. The van der Waals surface area contributed by atoms with Crippen LogP contribution in [0.2, 0.25) is 0 Å². The highest BCUT2D eigenvalue weighted by atomic mass is 19.4. The zero-order valence-corrected chi connectivity index (χ0v) is 28.1. The first-order valence-corrected chi connectivity index (χ1v) is 16.8. The van der Waals surface area contributed by atoms with E-state index in [1.165, 1.54) is 24.3 Å². The lowest BCUT2D eigenvalue weighted by Crippen LogP contribution is -2.50. The Labute approximate surface area is 280 Å². The summed E-state index contributed by atoms with van der Waals surface area (Å²) in [5.41, 5.74) is -1.08. The number of hydrogen-bond donors (Lipinski definition) is 4. The number of aliphatic hydroxyl groups is 1. The minimum atomic E-state index is -4.49. The highest BCUT2D eigenvalue weighted by molar-refractivity contribution is 5.98. The van der Waals surface area contributed by atoms with Crippen molar-refractivity contribution in [1.82, 2.24) is 20.5 Å². The van der Waals surface area contributed by atoms with Gasteiger partial charge in [0.25, 0.3) is 11.8 Å². The zero-order valence-electron chi connectivity index (χ0n) is 28.1. The molecule has 0 radical (unpaired) electrons. The predicted octanol–water partition coefficient (Wildman–Crippen LogP) is 6.71. The fourth-order valence-electron chi connectivity index (χ4n) is 6.58. The Balaban J connectivity index is 1.61. The molecular formula is C37H47F3N4O4. The molecule has 2 unspecified atom stereocenters. The van der Waals surface area contributed by atoms with Crippen LogP contribution in [-0.2, 0) is 11.7 Å². The number of halogens is 3. The van der Waals surface area contributed by atoms with Gasteiger partial charge in [-0.3, -0.25) is 14.4 Å². The third-order valence-electron chi connectivity index (χ3n) is 9.63. The molecule has 11 heteroatoms. The molecule has 8 nitrogen and oxygen atoms in total. The lowest BCUT2D eigenvalue weighted by Gasteiger charge is -2.40. The molecule has 1 fully saturated rings. The summed E-state index contributed by atoms with van der Waals surface area (Å²) >= 11 is 0. The number of aromatic amines is 1. The standard InChI is InChI=1S/C37H47F3N4O4/c1-5-24(3)44(25(4)6-2)35(48)27-20-30(42-32(46)21-27)34(47)43-33(26-14-9-7-10-15-26)31(45)23-41-36(18-11-8-12-19-36)28-16-13-17-29(22-28)37(38,39)40/h7,9-10,13-17,20-22,24-25,31,33,41,45H,5-6,8,11-12,18-19,23H2,1-4H3,(H,42,46)(H,43,47)/t24?,25?,31-,33+/m1/s1. The molecule has 4 N–H and O–H groups in total. The van der Waals surface area contributed by atoms with Gasteiger partial charge in [-0.15, -0.1) is 0 Å². The maximum atomic E-state index is 13.7. The number of pyridine rings is 1. The van der Waals surface area contributed by atoms with Crippen molar-refractivity contribution in [1.29, 1.82) is 0 Å². The molecule has 3 aromatic rings. The second-order valence-corrected chi connectivity index (χ2v) is 12.9. The molecule has 1 aliphatic rings. The lowest BCUT2D eigenvalue weighted by molar-refractivity contribution is -0.137. The van der Waals surface area contributed by atoms with Crippen molar-refractivity contribution in [2.75, 3.05) is 6.54 Å². The molecule has 1 aromatic heterocycles. The molecule has 48 heavy (non-hydrogen) atoms. The zero-order chi connectivity index (χ0) is 35.1. The van der Waals surface area contributed by atoms with Crippen LogP contribution in [0.15, 0.2) is 71.5 Å². The maximum Gasteiger partial charge on any atom is 0.416 e. The summed E-state index contributed by atoms with van der Waals surface area (Å²) in [4.78, 5) is 44.3. The van der Waals surface area contributed by atoms with Crippen molar-refractivity contribution in [2.45, 2.75) is 109 Å². The molecule has 2 aromatic carbocycles. The maximum absolute atomic E-state index is 13.7. The number of rotatable bonds is 13. The van der Waals surface area contributed by atoms with Gasteiger partial charge in [0, 0.05) is 35.8 Å². The van der Waals surface area contributed by atoms with Crippen LogP contribution in [0, 0.1) is 0 Å². The van der Waals surface area contributed by atoms with Crippen molar-refractivity contribution in [3.05, 3.63) is 105 Å². The van der Waals surface area contributed by atoms with E-state index in [2.05, 4.69) is 15.6 Å². The number of aliphatic hydroxyl groups excluding tert-OH is 1. The second kappa shape index (κ2) is 16.0. The van der Waals surface area contributed by atoms with Crippen molar-refractivity contribution < 1.29 is 27.9 Å². The molecule has 0 aliphatic heterocycles. The number of H-pyrrole nitrogens is 1. The summed E-state index contributed by atoms with van der Waals surface area (Å²) in [6.45, 7) is 7.79. The van der Waals surface area contributed by atoms with E-state index >= 15 is 0 Å². The topological polar surface area (TPSA) is 115 Å². The molecule has 4 rings (SSSR count). The first-order valence-electron chi connectivity index (χ1n) is 16.8. The molecule has 0 bridgehead atoms. The summed E-state index contributed by atoms with van der Waals surface area (Å²) in [7, 11) is 0. The number of nitrogens with one attached hydrogen (secondary N) is 3. The molecule has 0 spiro atoms. The number of benzene rings is 2. The van der Waals surface area contributed by atoms with Crippen LogP contribution in [0.5, 0.6) is 0 Å². The van der Waals surface area contributed by atoms with E-state index in [-0.39, 0.29) is 35.8 Å². The summed E-state index contributed by atoms with van der Waals surface area (Å²) in [5, 5.41) is 17.8. The average molecular weight is 669 g/mol. The molecule has 0 saturated heterocycles. The van der Waals surface area contributed by atoms with E-state index in [0.717, 1.165) is 25.3 Å². The molecule has 260 valence electrons. The Morgan fingerprint density at radius 1 is 0.938 bits per heavy atom. The van der Waals surface area contributed by atoms with Crippen molar-refractivity contribution in [2.24, 2.45) is 0 Å². The summed E-state index contributed by atoms with van der Waals surface area (Å²) in [6, 6.07) is 15.5. The highest BCUT2D eigenvalue weighted by Gasteiger charge is 2.38. The quantitative estimate of drug-likeness (QED) is 0.162. The Morgan fingerprint density at radius 3 is 2.19 bits per heavy atom. The van der Waals surface area contributed by atoms with Crippen LogP contribution < -0.4 is 16.2 Å². The van der Waals surface area contributed by atoms with Crippen LogP contribution in [0.4, 0.5) is 13.2 Å². The van der Waals surface area contributed by atoms with Gasteiger partial charge in [-0.2, -0.15) is 13.2 Å². The van der Waals surface area contributed by atoms with Gasteiger partial charge in [-0.25, -0.2) is 0 Å². The normalized spacial score (nSPS) is 17.2. The number of hydrogen-bond acceptors (Lipinski definition) is 5.